The molecule has 126 valence electrons. The van der Waals surface area contributed by atoms with Crippen molar-refractivity contribution in [3.05, 3.63) is 52.5 Å². The summed E-state index contributed by atoms with van der Waals surface area (Å²) < 4.78 is 0. The van der Waals surface area contributed by atoms with Crippen LogP contribution in [0.2, 0.25) is 0 Å². The van der Waals surface area contributed by atoms with Crippen LogP contribution in [0.15, 0.2) is 24.4 Å². The number of H-pyrrole nitrogens is 2. The number of aromatic amines is 2. The van der Waals surface area contributed by atoms with E-state index in [9.17, 15) is 0 Å². The van der Waals surface area contributed by atoms with Crippen LogP contribution in [-0.2, 0) is 6.54 Å². The van der Waals surface area contributed by atoms with Gasteiger partial charge in [-0.1, -0.05) is 6.07 Å². The second-order valence-electron chi connectivity index (χ2n) is 7.34. The van der Waals surface area contributed by atoms with Gasteiger partial charge in [0.2, 0.25) is 0 Å². The predicted octanol–water partition coefficient (Wildman–Crippen LogP) is 4.20. The monoisotopic (exact) mass is 322 g/mol. The summed E-state index contributed by atoms with van der Waals surface area (Å²) in [6, 6.07) is 6.84. The summed E-state index contributed by atoms with van der Waals surface area (Å²) in [6.07, 6.45) is 4.45. The van der Waals surface area contributed by atoms with Crippen molar-refractivity contribution in [2.45, 2.75) is 46.1 Å². The van der Waals surface area contributed by atoms with Crippen molar-refractivity contribution in [3.63, 3.8) is 0 Å². The zero-order chi connectivity index (χ0) is 16.7. The average Bonchev–Trinajstić information content (AvgIpc) is 3.14. The molecule has 1 saturated heterocycles. The Kier molecular flexibility index (Phi) is 3.93. The third-order valence-electron chi connectivity index (χ3n) is 5.44. The lowest BCUT2D eigenvalue weighted by Crippen LogP contribution is -2.32. The summed E-state index contributed by atoms with van der Waals surface area (Å²) in [4.78, 5) is 6.18. The van der Waals surface area contributed by atoms with E-state index < -0.39 is 0 Å². The standard InChI is InChI=1S/C20H26N4/c1-13-8-14(2)18-10-17(22-20(18)9-13)12-24-6-4-16(5-7-24)19-11-21-23-15(19)3/h8-11,16,22H,4-7,12H2,1-3H3,(H,21,23). The van der Waals surface area contributed by atoms with Crippen LogP contribution >= 0.6 is 0 Å². The van der Waals surface area contributed by atoms with Crippen LogP contribution in [-0.4, -0.2) is 33.2 Å². The minimum Gasteiger partial charge on any atom is -0.357 e. The van der Waals surface area contributed by atoms with E-state index in [1.165, 1.54) is 51.8 Å². The molecular weight excluding hydrogens is 296 g/mol. The number of aryl methyl sites for hydroxylation is 3. The number of hydrogen-bond acceptors (Lipinski definition) is 2. The summed E-state index contributed by atoms with van der Waals surface area (Å²) >= 11 is 0. The first kappa shape index (κ1) is 15.5. The molecule has 0 spiro atoms. The van der Waals surface area contributed by atoms with Crippen molar-refractivity contribution in [1.82, 2.24) is 20.1 Å². The molecule has 0 atom stereocenters. The van der Waals surface area contributed by atoms with Crippen LogP contribution in [0.25, 0.3) is 10.9 Å². The molecule has 0 bridgehead atoms. The minimum absolute atomic E-state index is 0.660. The quantitative estimate of drug-likeness (QED) is 0.759. The molecule has 0 radical (unpaired) electrons. The highest BCUT2D eigenvalue weighted by molar-refractivity contribution is 5.84. The number of hydrogen-bond donors (Lipinski definition) is 2. The SMILES string of the molecule is Cc1cc(C)c2cc(CN3CCC(c4cn[nH]c4C)CC3)[nH]c2c1. The van der Waals surface area contributed by atoms with Gasteiger partial charge < -0.3 is 4.98 Å². The topological polar surface area (TPSA) is 47.7 Å². The predicted molar refractivity (Wildman–Crippen MR) is 98.3 cm³/mol. The third kappa shape index (κ3) is 2.86. The number of aromatic nitrogens is 3. The normalized spacial score (nSPS) is 17.0. The fraction of sp³-hybridized carbons (Fsp3) is 0.450. The van der Waals surface area contributed by atoms with E-state index in [1.807, 2.05) is 6.20 Å². The van der Waals surface area contributed by atoms with E-state index in [-0.39, 0.29) is 0 Å². The lowest BCUT2D eigenvalue weighted by Gasteiger charge is -2.31. The van der Waals surface area contributed by atoms with E-state index in [0.29, 0.717) is 5.92 Å². The maximum atomic E-state index is 4.18. The number of rotatable bonds is 3. The van der Waals surface area contributed by atoms with Gasteiger partial charge in [-0.2, -0.15) is 5.10 Å². The lowest BCUT2D eigenvalue weighted by atomic mass is 9.90. The number of benzene rings is 1. The van der Waals surface area contributed by atoms with Gasteiger partial charge in [0.05, 0.1) is 6.20 Å². The van der Waals surface area contributed by atoms with Crippen LogP contribution in [0, 0.1) is 20.8 Å². The van der Waals surface area contributed by atoms with E-state index in [0.717, 1.165) is 19.6 Å². The number of fused-ring (bicyclic) bond motifs is 1. The summed E-state index contributed by atoms with van der Waals surface area (Å²) in [7, 11) is 0. The van der Waals surface area contributed by atoms with E-state index >= 15 is 0 Å². The molecule has 3 aromatic rings. The first-order valence-electron chi connectivity index (χ1n) is 8.91. The molecule has 3 heterocycles. The molecule has 1 aromatic carbocycles. The molecule has 2 N–H and O–H groups in total. The fourth-order valence-electron chi connectivity index (χ4n) is 4.16. The zero-order valence-electron chi connectivity index (χ0n) is 14.8. The Bertz CT molecular complexity index is 850. The molecule has 4 heteroatoms. The van der Waals surface area contributed by atoms with Crippen LogP contribution in [0.5, 0.6) is 0 Å². The highest BCUT2D eigenvalue weighted by Gasteiger charge is 2.23. The van der Waals surface area contributed by atoms with Crippen molar-refractivity contribution in [2.75, 3.05) is 13.1 Å². The number of likely N-dealkylation sites (tertiary alicyclic amines) is 1. The molecular formula is C20H26N4. The molecule has 4 rings (SSSR count). The Morgan fingerprint density at radius 2 is 1.92 bits per heavy atom. The van der Waals surface area contributed by atoms with Gasteiger partial charge >= 0.3 is 0 Å². The van der Waals surface area contributed by atoms with Crippen LogP contribution < -0.4 is 0 Å². The third-order valence-corrected chi connectivity index (χ3v) is 5.44. The Balaban J connectivity index is 1.44. The van der Waals surface area contributed by atoms with Gasteiger partial charge in [-0.25, -0.2) is 0 Å². The van der Waals surface area contributed by atoms with Gasteiger partial charge in [-0.3, -0.25) is 10.00 Å². The van der Waals surface area contributed by atoms with E-state index in [4.69, 9.17) is 0 Å². The van der Waals surface area contributed by atoms with Crippen molar-refractivity contribution in [1.29, 1.82) is 0 Å². The molecule has 0 amide bonds. The average molecular weight is 322 g/mol. The molecule has 1 aliphatic rings. The molecule has 0 saturated carbocycles. The Labute approximate surface area is 143 Å². The van der Waals surface area contributed by atoms with Crippen molar-refractivity contribution in [2.24, 2.45) is 0 Å². The molecule has 1 aliphatic heterocycles. The fourth-order valence-corrected chi connectivity index (χ4v) is 4.16. The summed E-state index contributed by atoms with van der Waals surface area (Å²) in [6.45, 7) is 9.82. The molecule has 2 aromatic heterocycles. The number of nitrogens with zero attached hydrogens (tertiary/aromatic N) is 2. The molecule has 0 unspecified atom stereocenters. The lowest BCUT2D eigenvalue weighted by molar-refractivity contribution is 0.203. The highest BCUT2D eigenvalue weighted by Crippen LogP contribution is 2.30. The zero-order valence-corrected chi connectivity index (χ0v) is 14.8. The van der Waals surface area contributed by atoms with Crippen LogP contribution in [0.4, 0.5) is 0 Å². The first-order chi connectivity index (χ1) is 11.6. The number of nitrogens with one attached hydrogen (secondary N) is 2. The first-order valence-corrected chi connectivity index (χ1v) is 8.91. The van der Waals surface area contributed by atoms with Gasteiger partial charge in [0, 0.05) is 28.8 Å². The Morgan fingerprint density at radius 1 is 1.12 bits per heavy atom. The van der Waals surface area contributed by atoms with Gasteiger partial charge in [0.25, 0.3) is 0 Å². The molecule has 1 fully saturated rings. The summed E-state index contributed by atoms with van der Waals surface area (Å²) in [5, 5.41) is 8.61. The van der Waals surface area contributed by atoms with Gasteiger partial charge in [-0.15, -0.1) is 0 Å². The van der Waals surface area contributed by atoms with Crippen molar-refractivity contribution >= 4 is 10.9 Å². The van der Waals surface area contributed by atoms with Gasteiger partial charge in [-0.05, 0) is 81.4 Å². The summed E-state index contributed by atoms with van der Waals surface area (Å²) in [5.41, 5.74) is 7.93. The minimum atomic E-state index is 0.660. The molecule has 24 heavy (non-hydrogen) atoms. The van der Waals surface area contributed by atoms with E-state index in [2.05, 4.69) is 59.1 Å². The second kappa shape index (κ2) is 6.10. The molecule has 0 aliphatic carbocycles. The molecule has 4 nitrogen and oxygen atoms in total. The summed E-state index contributed by atoms with van der Waals surface area (Å²) in [5.74, 6) is 0.660. The van der Waals surface area contributed by atoms with Crippen molar-refractivity contribution in [3.8, 4) is 0 Å². The van der Waals surface area contributed by atoms with Crippen molar-refractivity contribution < 1.29 is 0 Å². The van der Waals surface area contributed by atoms with Gasteiger partial charge in [0.1, 0.15) is 0 Å². The number of piperidine rings is 1. The Morgan fingerprint density at radius 3 is 2.62 bits per heavy atom. The van der Waals surface area contributed by atoms with E-state index in [1.54, 1.807) is 0 Å². The second-order valence-corrected chi connectivity index (χ2v) is 7.34. The van der Waals surface area contributed by atoms with Gasteiger partial charge in [0.15, 0.2) is 0 Å². The van der Waals surface area contributed by atoms with Crippen LogP contribution in [0.1, 0.15) is 46.8 Å². The smallest absolute Gasteiger partial charge is 0.0524 e. The highest BCUT2D eigenvalue weighted by atomic mass is 15.1. The van der Waals surface area contributed by atoms with Crippen LogP contribution in [0.3, 0.4) is 0 Å². The Hall–Kier alpha value is -2.07. The maximum absolute atomic E-state index is 4.18. The largest absolute Gasteiger partial charge is 0.357 e. The maximum Gasteiger partial charge on any atom is 0.0524 e.